The van der Waals surface area contributed by atoms with Crippen LogP contribution in [0.5, 0.6) is 0 Å². The normalized spacial score (nSPS) is 17.1. The second-order valence-corrected chi connectivity index (χ2v) is 8.37. The molecule has 6 nitrogen and oxygen atoms in total. The van der Waals surface area contributed by atoms with E-state index in [1.807, 2.05) is 19.0 Å². The molecule has 2 heterocycles. The Kier molecular flexibility index (Phi) is 5.36. The standard InChI is InChI=1S/C22H25F2N3O3/c1-25(2)12-18(24)13-5-7-26(8-6-13)20-10-19-15(9-17(20)23)21(28)16(22(29)30)11-27(19)14-3-4-14/h9-11,14H,3-8,12H2,1-2H3,(H,29,30). The van der Waals surface area contributed by atoms with Crippen molar-refractivity contribution in [1.29, 1.82) is 0 Å². The van der Waals surface area contributed by atoms with Crippen LogP contribution in [0.25, 0.3) is 10.9 Å². The number of carboxylic acid groups (broad SMARTS) is 1. The number of pyridine rings is 1. The number of carbonyl (C=O) groups is 1. The van der Waals surface area contributed by atoms with Crippen molar-refractivity contribution in [3.8, 4) is 0 Å². The molecule has 0 atom stereocenters. The van der Waals surface area contributed by atoms with Gasteiger partial charge in [-0.1, -0.05) is 0 Å². The Morgan fingerprint density at radius 3 is 2.47 bits per heavy atom. The molecule has 30 heavy (non-hydrogen) atoms. The van der Waals surface area contributed by atoms with Crippen LogP contribution in [0, 0.1) is 5.82 Å². The second kappa shape index (κ2) is 7.83. The van der Waals surface area contributed by atoms with Gasteiger partial charge in [-0.2, -0.15) is 0 Å². The van der Waals surface area contributed by atoms with Gasteiger partial charge >= 0.3 is 5.97 Å². The SMILES string of the molecule is CN(C)CC(F)=C1CCN(c2cc3c(cc2F)c(=O)c(C(=O)O)cn3C2CC2)CC1. The molecule has 1 aromatic heterocycles. The summed E-state index contributed by atoms with van der Waals surface area (Å²) in [6.45, 7) is 1.23. The number of benzene rings is 1. The fourth-order valence-corrected chi connectivity index (χ4v) is 4.09. The first-order valence-electron chi connectivity index (χ1n) is 10.1. The molecule has 0 radical (unpaired) electrons. The quantitative estimate of drug-likeness (QED) is 0.806. The third-order valence-electron chi connectivity index (χ3n) is 5.82. The Labute approximate surface area is 173 Å². The first-order valence-corrected chi connectivity index (χ1v) is 10.1. The maximum Gasteiger partial charge on any atom is 0.341 e. The lowest BCUT2D eigenvalue weighted by atomic mass is 10.0. The van der Waals surface area contributed by atoms with E-state index in [2.05, 4.69) is 0 Å². The number of aromatic carboxylic acids is 1. The lowest BCUT2D eigenvalue weighted by molar-refractivity contribution is 0.0695. The summed E-state index contributed by atoms with van der Waals surface area (Å²) in [5.74, 6) is -2.00. The van der Waals surface area contributed by atoms with Gasteiger partial charge in [0.05, 0.1) is 11.2 Å². The highest BCUT2D eigenvalue weighted by molar-refractivity contribution is 5.93. The van der Waals surface area contributed by atoms with Crippen LogP contribution >= 0.6 is 0 Å². The zero-order valence-electron chi connectivity index (χ0n) is 17.1. The summed E-state index contributed by atoms with van der Waals surface area (Å²) in [7, 11) is 3.63. The number of aromatic nitrogens is 1. The van der Waals surface area contributed by atoms with Crippen LogP contribution < -0.4 is 10.3 Å². The summed E-state index contributed by atoms with van der Waals surface area (Å²) < 4.78 is 31.1. The van der Waals surface area contributed by atoms with E-state index in [4.69, 9.17) is 0 Å². The number of hydrogen-bond acceptors (Lipinski definition) is 4. The van der Waals surface area contributed by atoms with Gasteiger partial charge in [0.25, 0.3) is 0 Å². The molecule has 2 aromatic rings. The Morgan fingerprint density at radius 1 is 1.23 bits per heavy atom. The molecule has 1 saturated heterocycles. The molecule has 0 amide bonds. The smallest absolute Gasteiger partial charge is 0.341 e. The molecular formula is C22H25F2N3O3. The van der Waals surface area contributed by atoms with Crippen LogP contribution in [0.2, 0.25) is 0 Å². The fraction of sp³-hybridized carbons (Fsp3) is 0.455. The van der Waals surface area contributed by atoms with Gasteiger partial charge in [0.15, 0.2) is 0 Å². The highest BCUT2D eigenvalue weighted by atomic mass is 19.1. The lowest BCUT2D eigenvalue weighted by Gasteiger charge is -2.31. The number of piperidine rings is 1. The molecule has 1 aliphatic carbocycles. The summed E-state index contributed by atoms with van der Waals surface area (Å²) in [5, 5.41) is 9.43. The number of nitrogens with zero attached hydrogens (tertiary/aromatic N) is 3. The van der Waals surface area contributed by atoms with Crippen LogP contribution in [0.15, 0.2) is 34.5 Å². The highest BCUT2D eigenvalue weighted by Crippen LogP contribution is 2.38. The van der Waals surface area contributed by atoms with E-state index in [1.54, 1.807) is 15.5 Å². The third kappa shape index (κ3) is 3.84. The molecule has 2 fully saturated rings. The number of rotatable bonds is 5. The number of fused-ring (bicyclic) bond motifs is 1. The van der Waals surface area contributed by atoms with Crippen LogP contribution in [0.1, 0.15) is 42.1 Å². The number of halogens is 2. The van der Waals surface area contributed by atoms with E-state index >= 15 is 0 Å². The van der Waals surface area contributed by atoms with Crippen molar-refractivity contribution in [2.24, 2.45) is 0 Å². The zero-order valence-corrected chi connectivity index (χ0v) is 17.1. The van der Waals surface area contributed by atoms with E-state index in [1.165, 1.54) is 6.20 Å². The molecule has 1 N–H and O–H groups in total. The number of anilines is 1. The molecule has 4 rings (SSSR count). The Bertz CT molecular complexity index is 1090. The largest absolute Gasteiger partial charge is 0.477 e. The fourth-order valence-electron chi connectivity index (χ4n) is 4.09. The molecule has 1 saturated carbocycles. The maximum absolute atomic E-state index is 15.0. The number of carboxylic acids is 1. The maximum atomic E-state index is 15.0. The molecule has 0 unspecified atom stereocenters. The Morgan fingerprint density at radius 2 is 1.90 bits per heavy atom. The van der Waals surface area contributed by atoms with E-state index < -0.39 is 17.2 Å². The summed E-state index contributed by atoms with van der Waals surface area (Å²) in [6.07, 6.45) is 4.20. The van der Waals surface area contributed by atoms with Gasteiger partial charge in [0.1, 0.15) is 17.2 Å². The Balaban J connectivity index is 1.71. The molecule has 2 aliphatic rings. The van der Waals surface area contributed by atoms with Gasteiger partial charge in [-0.15, -0.1) is 0 Å². The minimum Gasteiger partial charge on any atom is -0.477 e. The average Bonchev–Trinajstić information content (AvgIpc) is 3.53. The summed E-state index contributed by atoms with van der Waals surface area (Å²) >= 11 is 0. The van der Waals surface area contributed by atoms with Gasteiger partial charge in [0, 0.05) is 37.3 Å². The van der Waals surface area contributed by atoms with Crippen molar-refractivity contribution in [3.05, 3.63) is 51.3 Å². The van der Waals surface area contributed by atoms with Crippen LogP contribution in [0.4, 0.5) is 14.5 Å². The van der Waals surface area contributed by atoms with Gasteiger partial charge in [-0.05, 0) is 57.5 Å². The summed E-state index contributed by atoms with van der Waals surface area (Å²) in [4.78, 5) is 27.7. The summed E-state index contributed by atoms with van der Waals surface area (Å²) in [5.41, 5.74) is 0.665. The van der Waals surface area contributed by atoms with Crippen LogP contribution in [0.3, 0.4) is 0 Å². The van der Waals surface area contributed by atoms with Gasteiger partial charge < -0.3 is 19.5 Å². The average molecular weight is 417 g/mol. The van der Waals surface area contributed by atoms with Gasteiger partial charge in [-0.3, -0.25) is 4.79 Å². The first kappa shape index (κ1) is 20.5. The molecular weight excluding hydrogens is 392 g/mol. The van der Waals surface area contributed by atoms with Crippen molar-refractivity contribution >= 4 is 22.6 Å². The molecule has 160 valence electrons. The predicted molar refractivity (Wildman–Crippen MR) is 112 cm³/mol. The topological polar surface area (TPSA) is 65.8 Å². The molecule has 8 heteroatoms. The first-order chi connectivity index (χ1) is 14.3. The van der Waals surface area contributed by atoms with Crippen LogP contribution in [-0.2, 0) is 0 Å². The van der Waals surface area contributed by atoms with Gasteiger partial charge in [-0.25, -0.2) is 13.6 Å². The van der Waals surface area contributed by atoms with Crippen molar-refractivity contribution in [3.63, 3.8) is 0 Å². The van der Waals surface area contributed by atoms with Crippen molar-refractivity contribution in [2.75, 3.05) is 38.6 Å². The van der Waals surface area contributed by atoms with Crippen molar-refractivity contribution in [1.82, 2.24) is 9.47 Å². The summed E-state index contributed by atoms with van der Waals surface area (Å²) in [6, 6.07) is 2.91. The zero-order chi connectivity index (χ0) is 21.6. The van der Waals surface area contributed by atoms with E-state index in [-0.39, 0.29) is 29.4 Å². The molecule has 1 aliphatic heterocycles. The van der Waals surface area contributed by atoms with E-state index in [0.717, 1.165) is 24.5 Å². The predicted octanol–water partition coefficient (Wildman–Crippen LogP) is 3.56. The number of likely N-dealkylation sites (N-methyl/N-ethyl adjacent to an activating group) is 1. The third-order valence-corrected chi connectivity index (χ3v) is 5.82. The lowest BCUT2D eigenvalue weighted by Crippen LogP contribution is -2.32. The van der Waals surface area contributed by atoms with Crippen LogP contribution in [-0.4, -0.2) is 54.3 Å². The monoisotopic (exact) mass is 417 g/mol. The van der Waals surface area contributed by atoms with E-state index in [9.17, 15) is 23.5 Å². The van der Waals surface area contributed by atoms with E-state index in [0.29, 0.717) is 37.1 Å². The molecule has 0 spiro atoms. The van der Waals surface area contributed by atoms with Gasteiger partial charge in [0.2, 0.25) is 5.43 Å². The highest BCUT2D eigenvalue weighted by Gasteiger charge is 2.28. The van der Waals surface area contributed by atoms with Crippen molar-refractivity contribution < 1.29 is 18.7 Å². The number of hydrogen-bond donors (Lipinski definition) is 1. The molecule has 1 aromatic carbocycles. The van der Waals surface area contributed by atoms with Crippen molar-refractivity contribution in [2.45, 2.75) is 31.7 Å². The minimum atomic E-state index is -1.31. The minimum absolute atomic E-state index is 0.0812. The Hall–Kier alpha value is -2.74. The second-order valence-electron chi connectivity index (χ2n) is 8.37. The molecule has 0 bridgehead atoms.